The van der Waals surface area contributed by atoms with Gasteiger partial charge in [-0.1, -0.05) is 12.1 Å². The van der Waals surface area contributed by atoms with Crippen molar-refractivity contribution in [1.29, 1.82) is 0 Å². The van der Waals surface area contributed by atoms with Crippen molar-refractivity contribution in [2.24, 2.45) is 0 Å². The topological polar surface area (TPSA) is 88.2 Å². The predicted octanol–water partition coefficient (Wildman–Crippen LogP) is 0.681. The lowest BCUT2D eigenvalue weighted by atomic mass is 10.0. The van der Waals surface area contributed by atoms with Crippen molar-refractivity contribution in [3.8, 4) is 11.5 Å². The smallest absolute Gasteiger partial charge is 0.200 e. The molecule has 4 heterocycles. The molecular weight excluding hydrogens is 315 g/mol. The first-order chi connectivity index (χ1) is 12.2. The zero-order valence-corrected chi connectivity index (χ0v) is 13.6. The molecule has 0 atom stereocenters. The molecule has 0 aliphatic rings. The van der Waals surface area contributed by atoms with Crippen LogP contribution in [-0.2, 0) is 6.61 Å². The Kier molecular flexibility index (Phi) is 3.87. The van der Waals surface area contributed by atoms with Crippen LogP contribution < -0.4 is 10.9 Å². The minimum atomic E-state index is -0.106. The molecule has 0 aliphatic carbocycles. The second-order valence-electron chi connectivity index (χ2n) is 5.60. The Morgan fingerprint density at radius 1 is 1.12 bits per heavy atom. The summed E-state index contributed by atoms with van der Waals surface area (Å²) >= 11 is 0. The van der Waals surface area contributed by atoms with E-state index in [1.165, 1.54) is 0 Å². The van der Waals surface area contributed by atoms with Gasteiger partial charge in [0.1, 0.15) is 11.2 Å². The van der Waals surface area contributed by atoms with E-state index in [-0.39, 0.29) is 6.61 Å². The number of nitrogens with zero attached hydrogens (tertiary/aromatic N) is 5. The predicted molar refractivity (Wildman–Crippen MR) is 97.8 cm³/mol. The van der Waals surface area contributed by atoms with Crippen molar-refractivity contribution in [3.05, 3.63) is 60.6 Å². The van der Waals surface area contributed by atoms with E-state index in [0.29, 0.717) is 22.9 Å². The Morgan fingerprint density at radius 3 is 2.88 bits per heavy atom. The molecule has 4 aromatic rings. The van der Waals surface area contributed by atoms with Gasteiger partial charge in [-0.05, 0) is 29.9 Å². The van der Waals surface area contributed by atoms with E-state index in [1.54, 1.807) is 23.0 Å². The fourth-order valence-corrected chi connectivity index (χ4v) is 2.61. The van der Waals surface area contributed by atoms with Crippen LogP contribution in [0.1, 0.15) is 5.56 Å². The monoisotopic (exact) mass is 330 g/mol. The number of hydrogen-bond donors (Lipinski definition) is 2. The van der Waals surface area contributed by atoms with Crippen LogP contribution >= 0.6 is 0 Å². The maximum absolute atomic E-state index is 9.50. The lowest BCUT2D eigenvalue weighted by molar-refractivity contribution is 0.282. The summed E-state index contributed by atoms with van der Waals surface area (Å²) in [6.45, 7) is -0.106. The summed E-state index contributed by atoms with van der Waals surface area (Å²) in [6, 6.07) is 11.4. The highest BCUT2D eigenvalue weighted by atomic mass is 16.3. The van der Waals surface area contributed by atoms with E-state index in [1.807, 2.05) is 44.4 Å². The van der Waals surface area contributed by atoms with Crippen molar-refractivity contribution in [2.45, 2.75) is 6.61 Å². The largest absolute Gasteiger partial charge is 0.392 e. The van der Waals surface area contributed by atoms with E-state index in [0.717, 1.165) is 16.8 Å². The number of pyridine rings is 2. The summed E-state index contributed by atoms with van der Waals surface area (Å²) in [4.78, 5) is 13.2. The first-order valence-corrected chi connectivity index (χ1v) is 7.85. The number of nitrogens with one attached hydrogen (secondary N) is 1. The maximum atomic E-state index is 9.50. The molecule has 0 radical (unpaired) electrons. The Hall–Kier alpha value is -3.26. The summed E-state index contributed by atoms with van der Waals surface area (Å²) in [5.41, 5.74) is 3.89. The highest BCUT2D eigenvalue weighted by molar-refractivity contribution is 6.30. The van der Waals surface area contributed by atoms with Gasteiger partial charge in [0.25, 0.3) is 0 Å². The van der Waals surface area contributed by atoms with Crippen molar-refractivity contribution >= 4 is 30.5 Å². The van der Waals surface area contributed by atoms with E-state index in [4.69, 9.17) is 0 Å². The van der Waals surface area contributed by atoms with Crippen LogP contribution in [0, 0.1) is 0 Å². The molecule has 4 aromatic heterocycles. The highest BCUT2D eigenvalue weighted by Crippen LogP contribution is 2.24. The number of fused-ring (bicyclic) bond motifs is 1. The fraction of sp³-hybridized carbons (Fsp3) is 0.0588. The van der Waals surface area contributed by atoms with Crippen LogP contribution in [0.25, 0.3) is 17.0 Å². The minimum Gasteiger partial charge on any atom is -0.392 e. The van der Waals surface area contributed by atoms with Gasteiger partial charge in [-0.15, -0.1) is 5.10 Å². The SMILES string of the molecule is Bc1cccc(-c2nc(Nc3ccncc3CO)c3cccn3n2)n1. The molecule has 0 aliphatic heterocycles. The van der Waals surface area contributed by atoms with Gasteiger partial charge in [0.05, 0.1) is 6.61 Å². The van der Waals surface area contributed by atoms with Crippen LogP contribution in [0.3, 0.4) is 0 Å². The molecule has 0 fully saturated rings. The van der Waals surface area contributed by atoms with Crippen LogP contribution in [-0.4, -0.2) is 37.5 Å². The normalized spacial score (nSPS) is 10.9. The third kappa shape index (κ3) is 2.95. The van der Waals surface area contributed by atoms with Gasteiger partial charge in [-0.25, -0.2) is 9.50 Å². The Bertz CT molecular complexity index is 1050. The lowest BCUT2D eigenvalue weighted by Crippen LogP contribution is -2.10. The van der Waals surface area contributed by atoms with Crippen LogP contribution in [0.4, 0.5) is 11.5 Å². The zero-order chi connectivity index (χ0) is 17.2. The molecule has 0 aromatic carbocycles. The molecule has 0 saturated carbocycles. The molecule has 4 rings (SSSR count). The Balaban J connectivity index is 1.84. The number of aromatic nitrogens is 5. The fourth-order valence-electron chi connectivity index (χ4n) is 2.61. The highest BCUT2D eigenvalue weighted by Gasteiger charge is 2.12. The summed E-state index contributed by atoms with van der Waals surface area (Å²) in [7, 11) is 1.93. The summed E-state index contributed by atoms with van der Waals surface area (Å²) in [6.07, 6.45) is 5.16. The molecular formula is C17H15BN6O. The molecule has 25 heavy (non-hydrogen) atoms. The van der Waals surface area contributed by atoms with Gasteiger partial charge in [0.2, 0.25) is 5.82 Å². The number of rotatable bonds is 4. The molecule has 2 N–H and O–H groups in total. The van der Waals surface area contributed by atoms with E-state index >= 15 is 0 Å². The van der Waals surface area contributed by atoms with Crippen molar-refractivity contribution in [2.75, 3.05) is 5.32 Å². The minimum absolute atomic E-state index is 0.106. The molecule has 0 bridgehead atoms. The molecule has 122 valence electrons. The van der Waals surface area contributed by atoms with Gasteiger partial charge in [-0.3, -0.25) is 9.97 Å². The second-order valence-corrected chi connectivity index (χ2v) is 5.60. The number of aliphatic hydroxyl groups is 1. The van der Waals surface area contributed by atoms with Crippen LogP contribution in [0.2, 0.25) is 0 Å². The number of aliphatic hydroxyl groups excluding tert-OH is 1. The molecule has 0 amide bonds. The van der Waals surface area contributed by atoms with Crippen LogP contribution in [0.15, 0.2) is 55.0 Å². The zero-order valence-electron chi connectivity index (χ0n) is 13.6. The van der Waals surface area contributed by atoms with E-state index < -0.39 is 0 Å². The quantitative estimate of drug-likeness (QED) is 0.535. The molecule has 0 spiro atoms. The van der Waals surface area contributed by atoms with Crippen molar-refractivity contribution < 1.29 is 5.11 Å². The van der Waals surface area contributed by atoms with Gasteiger partial charge in [0.15, 0.2) is 13.7 Å². The maximum Gasteiger partial charge on any atom is 0.200 e. The van der Waals surface area contributed by atoms with Gasteiger partial charge in [-0.2, -0.15) is 0 Å². The Labute approximate surface area is 144 Å². The number of anilines is 2. The average Bonchev–Trinajstić information content (AvgIpc) is 3.11. The summed E-state index contributed by atoms with van der Waals surface area (Å²) in [5, 5.41) is 17.3. The molecule has 8 heteroatoms. The first-order valence-electron chi connectivity index (χ1n) is 7.85. The number of hydrogen-bond acceptors (Lipinski definition) is 6. The Morgan fingerprint density at radius 2 is 2.04 bits per heavy atom. The third-order valence-corrected chi connectivity index (χ3v) is 3.84. The first kappa shape index (κ1) is 15.3. The van der Waals surface area contributed by atoms with Crippen LogP contribution in [0.5, 0.6) is 0 Å². The van der Waals surface area contributed by atoms with E-state index in [2.05, 4.69) is 25.4 Å². The van der Waals surface area contributed by atoms with Crippen molar-refractivity contribution in [3.63, 3.8) is 0 Å². The average molecular weight is 330 g/mol. The standard InChI is InChI=1S/C17H15BN6O/c18-15-5-1-3-13(20-15)16-22-17(14-4-2-8-24(14)23-16)21-12-6-7-19-9-11(12)10-25/h1-9,25H,10,18H2,(H,19,21,22,23). The molecule has 0 unspecified atom stereocenters. The summed E-state index contributed by atoms with van der Waals surface area (Å²) in [5.74, 6) is 1.16. The second kappa shape index (κ2) is 6.33. The summed E-state index contributed by atoms with van der Waals surface area (Å²) < 4.78 is 1.76. The third-order valence-electron chi connectivity index (χ3n) is 3.84. The lowest BCUT2D eigenvalue weighted by Gasteiger charge is -2.12. The van der Waals surface area contributed by atoms with Gasteiger partial charge in [0, 0.05) is 29.8 Å². The molecule has 0 saturated heterocycles. The van der Waals surface area contributed by atoms with Crippen molar-refractivity contribution in [1.82, 2.24) is 24.6 Å². The molecule has 7 nitrogen and oxygen atoms in total. The van der Waals surface area contributed by atoms with E-state index in [9.17, 15) is 5.11 Å². The van der Waals surface area contributed by atoms with Gasteiger partial charge >= 0.3 is 0 Å². The van der Waals surface area contributed by atoms with Gasteiger partial charge < -0.3 is 10.4 Å².